The molecule has 0 fully saturated rings. The van der Waals surface area contributed by atoms with Crippen molar-refractivity contribution in [1.82, 2.24) is 5.32 Å². The van der Waals surface area contributed by atoms with Crippen molar-refractivity contribution in [3.05, 3.63) is 64.5 Å². The van der Waals surface area contributed by atoms with E-state index in [1.165, 1.54) is 11.3 Å². The molecule has 0 spiro atoms. The summed E-state index contributed by atoms with van der Waals surface area (Å²) in [5, 5.41) is 15.2. The number of hydrogen-bond donors (Lipinski definition) is 3. The number of aliphatic hydroxyl groups is 1. The smallest absolute Gasteiger partial charge is 0.348 e. The maximum atomic E-state index is 12.2. The van der Waals surface area contributed by atoms with Crippen LogP contribution in [0.25, 0.3) is 10.1 Å². The van der Waals surface area contributed by atoms with Crippen molar-refractivity contribution in [2.24, 2.45) is 0 Å². The van der Waals surface area contributed by atoms with Gasteiger partial charge in [-0.05, 0) is 47.7 Å². The first-order valence-corrected chi connectivity index (χ1v) is 9.81. The number of nitrogens with one attached hydrogen (secondary N) is 2. The van der Waals surface area contributed by atoms with Crippen LogP contribution in [0.15, 0.2) is 48.5 Å². The first-order chi connectivity index (χ1) is 14.0. The predicted molar refractivity (Wildman–Crippen MR) is 111 cm³/mol. The number of ether oxygens (including phenoxy) is 1. The number of amides is 2. The SMILES string of the molecule is CCOC(=O)c1cc2cc(NC(=O)C(=O)NCc3ccccc3CO)ccc2s1. The Bertz CT molecular complexity index is 1060. The van der Waals surface area contributed by atoms with Gasteiger partial charge >= 0.3 is 17.8 Å². The van der Waals surface area contributed by atoms with E-state index < -0.39 is 11.8 Å². The van der Waals surface area contributed by atoms with Gasteiger partial charge in [-0.2, -0.15) is 0 Å². The maximum absolute atomic E-state index is 12.2. The number of thiophene rings is 1. The Hall–Kier alpha value is -3.23. The van der Waals surface area contributed by atoms with E-state index in [9.17, 15) is 19.5 Å². The zero-order chi connectivity index (χ0) is 20.8. The van der Waals surface area contributed by atoms with Crippen LogP contribution in [0.2, 0.25) is 0 Å². The molecule has 0 aliphatic rings. The molecule has 0 radical (unpaired) electrons. The summed E-state index contributed by atoms with van der Waals surface area (Å²) in [4.78, 5) is 36.6. The summed E-state index contributed by atoms with van der Waals surface area (Å²) >= 11 is 1.30. The van der Waals surface area contributed by atoms with Crippen LogP contribution in [0.5, 0.6) is 0 Å². The van der Waals surface area contributed by atoms with Crippen molar-refractivity contribution in [2.75, 3.05) is 11.9 Å². The molecule has 0 saturated heterocycles. The fourth-order valence-corrected chi connectivity index (χ4v) is 3.69. The average Bonchev–Trinajstić information content (AvgIpc) is 3.16. The number of benzene rings is 2. The number of carbonyl (C=O) groups excluding carboxylic acids is 3. The lowest BCUT2D eigenvalue weighted by atomic mass is 10.1. The molecule has 7 nitrogen and oxygen atoms in total. The van der Waals surface area contributed by atoms with Gasteiger partial charge in [-0.25, -0.2) is 4.79 Å². The molecular formula is C21H20N2O5S. The molecule has 0 aliphatic carbocycles. The highest BCUT2D eigenvalue weighted by molar-refractivity contribution is 7.20. The Morgan fingerprint density at radius 3 is 2.52 bits per heavy atom. The molecule has 2 amide bonds. The monoisotopic (exact) mass is 412 g/mol. The molecule has 1 aromatic heterocycles. The van der Waals surface area contributed by atoms with E-state index in [-0.39, 0.29) is 19.1 Å². The third kappa shape index (κ3) is 4.98. The van der Waals surface area contributed by atoms with Crippen molar-refractivity contribution < 1.29 is 24.2 Å². The van der Waals surface area contributed by atoms with Gasteiger partial charge in [0.2, 0.25) is 0 Å². The van der Waals surface area contributed by atoms with Gasteiger partial charge < -0.3 is 20.5 Å². The molecule has 0 atom stereocenters. The Morgan fingerprint density at radius 1 is 1.03 bits per heavy atom. The summed E-state index contributed by atoms with van der Waals surface area (Å²) in [7, 11) is 0. The van der Waals surface area contributed by atoms with Crippen LogP contribution >= 0.6 is 11.3 Å². The lowest BCUT2D eigenvalue weighted by molar-refractivity contribution is -0.136. The molecule has 150 valence electrons. The highest BCUT2D eigenvalue weighted by atomic mass is 32.1. The van der Waals surface area contributed by atoms with E-state index in [4.69, 9.17) is 4.74 Å². The third-order valence-corrected chi connectivity index (χ3v) is 5.28. The number of esters is 1. The molecule has 0 saturated carbocycles. The van der Waals surface area contributed by atoms with Crippen LogP contribution in [0, 0.1) is 0 Å². The van der Waals surface area contributed by atoms with Gasteiger partial charge in [-0.3, -0.25) is 9.59 Å². The quantitative estimate of drug-likeness (QED) is 0.427. The molecule has 3 aromatic rings. The zero-order valence-electron chi connectivity index (χ0n) is 15.7. The van der Waals surface area contributed by atoms with Crippen LogP contribution in [-0.4, -0.2) is 29.5 Å². The number of hydrogen-bond acceptors (Lipinski definition) is 6. The fourth-order valence-electron chi connectivity index (χ4n) is 2.75. The normalized spacial score (nSPS) is 10.6. The lowest BCUT2D eigenvalue weighted by Crippen LogP contribution is -2.35. The van der Waals surface area contributed by atoms with Crippen molar-refractivity contribution >= 4 is 44.9 Å². The van der Waals surface area contributed by atoms with Gasteiger partial charge in [-0.1, -0.05) is 24.3 Å². The largest absolute Gasteiger partial charge is 0.462 e. The second-order valence-corrected chi connectivity index (χ2v) is 7.23. The van der Waals surface area contributed by atoms with Gasteiger partial charge in [0.25, 0.3) is 0 Å². The van der Waals surface area contributed by atoms with Crippen molar-refractivity contribution in [3.63, 3.8) is 0 Å². The molecule has 29 heavy (non-hydrogen) atoms. The Kier molecular flexibility index (Phi) is 6.58. The third-order valence-electron chi connectivity index (χ3n) is 4.19. The van der Waals surface area contributed by atoms with E-state index >= 15 is 0 Å². The molecule has 2 aromatic carbocycles. The number of carbonyl (C=O) groups is 3. The highest BCUT2D eigenvalue weighted by Gasteiger charge is 2.16. The zero-order valence-corrected chi connectivity index (χ0v) is 16.5. The molecule has 1 heterocycles. The van der Waals surface area contributed by atoms with E-state index in [0.717, 1.165) is 15.6 Å². The summed E-state index contributed by atoms with van der Waals surface area (Å²) in [6.45, 7) is 2.03. The van der Waals surface area contributed by atoms with Crippen molar-refractivity contribution in [2.45, 2.75) is 20.1 Å². The Morgan fingerprint density at radius 2 is 1.79 bits per heavy atom. The summed E-state index contributed by atoms with van der Waals surface area (Å²) in [6.07, 6.45) is 0. The van der Waals surface area contributed by atoms with Gasteiger partial charge in [0.05, 0.1) is 13.2 Å². The van der Waals surface area contributed by atoms with Gasteiger partial charge in [0, 0.05) is 16.9 Å². The molecule has 0 bridgehead atoms. The van der Waals surface area contributed by atoms with Gasteiger partial charge in [0.15, 0.2) is 0 Å². The van der Waals surface area contributed by atoms with Crippen LogP contribution < -0.4 is 10.6 Å². The molecule has 3 rings (SSSR count). The second kappa shape index (κ2) is 9.31. The standard InChI is InChI=1S/C21H20N2O5S/c1-2-28-21(27)18-10-15-9-16(7-8-17(15)29-18)23-20(26)19(25)22-11-13-5-3-4-6-14(13)12-24/h3-10,24H,2,11-12H2,1H3,(H,22,25)(H,23,26). The van der Waals surface area contributed by atoms with Crippen LogP contribution in [0.4, 0.5) is 5.69 Å². The van der Waals surface area contributed by atoms with E-state index in [1.807, 2.05) is 0 Å². The average molecular weight is 412 g/mol. The van der Waals surface area contributed by atoms with Crippen LogP contribution in [-0.2, 0) is 27.5 Å². The molecule has 3 N–H and O–H groups in total. The highest BCUT2D eigenvalue weighted by Crippen LogP contribution is 2.28. The first-order valence-electron chi connectivity index (χ1n) is 8.99. The Labute approximate surface area is 171 Å². The predicted octanol–water partition coefficient (Wildman–Crippen LogP) is 2.83. The van der Waals surface area contributed by atoms with Crippen LogP contribution in [0.1, 0.15) is 27.7 Å². The van der Waals surface area contributed by atoms with Gasteiger partial charge in [0.1, 0.15) is 4.88 Å². The minimum Gasteiger partial charge on any atom is -0.462 e. The van der Waals surface area contributed by atoms with E-state index in [1.54, 1.807) is 55.5 Å². The molecule has 0 aliphatic heterocycles. The first kappa shape index (κ1) is 20.5. The number of anilines is 1. The van der Waals surface area contributed by atoms with Gasteiger partial charge in [-0.15, -0.1) is 11.3 Å². The van der Waals surface area contributed by atoms with Crippen LogP contribution in [0.3, 0.4) is 0 Å². The topological polar surface area (TPSA) is 105 Å². The minimum absolute atomic E-state index is 0.134. The minimum atomic E-state index is -0.799. The molecular weight excluding hydrogens is 392 g/mol. The summed E-state index contributed by atoms with van der Waals surface area (Å²) in [6, 6.07) is 13.9. The maximum Gasteiger partial charge on any atom is 0.348 e. The summed E-state index contributed by atoms with van der Waals surface area (Å²) in [5.41, 5.74) is 1.87. The van der Waals surface area contributed by atoms with Crippen molar-refractivity contribution in [3.8, 4) is 0 Å². The number of fused-ring (bicyclic) bond motifs is 1. The summed E-state index contributed by atoms with van der Waals surface area (Å²) < 4.78 is 5.87. The van der Waals surface area contributed by atoms with E-state index in [0.29, 0.717) is 22.7 Å². The van der Waals surface area contributed by atoms with E-state index in [2.05, 4.69) is 10.6 Å². The number of aliphatic hydroxyl groups excluding tert-OH is 1. The second-order valence-electron chi connectivity index (χ2n) is 6.15. The summed E-state index contributed by atoms with van der Waals surface area (Å²) in [5.74, 6) is -1.97. The van der Waals surface area contributed by atoms with Crippen molar-refractivity contribution in [1.29, 1.82) is 0 Å². The number of rotatable bonds is 6. The molecule has 8 heteroatoms. The Balaban J connectivity index is 1.64. The molecule has 0 unspecified atom stereocenters. The lowest BCUT2D eigenvalue weighted by Gasteiger charge is -2.09. The fraction of sp³-hybridized carbons (Fsp3) is 0.190.